The van der Waals surface area contributed by atoms with Gasteiger partial charge in [0, 0.05) is 12.3 Å². The van der Waals surface area contributed by atoms with E-state index in [4.69, 9.17) is 13.8 Å². The van der Waals surface area contributed by atoms with Gasteiger partial charge in [-0.25, -0.2) is 4.79 Å². The maximum atomic E-state index is 11.6. The molecule has 10 nitrogen and oxygen atoms in total. The third kappa shape index (κ3) is 5.58. The Bertz CT molecular complexity index is 600. The smallest absolute Gasteiger partial charge is 0.330 e. The highest BCUT2D eigenvalue weighted by atomic mass is 31.2. The minimum Gasteiger partial charge on any atom is -0.338 e. The SMILES string of the molecule is CCOP(O)OC[C@H](C=O)O[C@H](C=O)n1ccc(=O)[nH]c1=O. The van der Waals surface area contributed by atoms with Crippen molar-refractivity contribution in [1.29, 1.82) is 0 Å². The molecule has 0 radical (unpaired) electrons. The Morgan fingerprint density at radius 2 is 2.09 bits per heavy atom. The van der Waals surface area contributed by atoms with Gasteiger partial charge < -0.3 is 23.5 Å². The molecule has 1 rings (SSSR count). The molecule has 1 aromatic rings. The number of rotatable bonds is 10. The van der Waals surface area contributed by atoms with Gasteiger partial charge in [0.1, 0.15) is 6.10 Å². The number of aldehydes is 2. The summed E-state index contributed by atoms with van der Waals surface area (Å²) >= 11 is 0. The zero-order valence-corrected chi connectivity index (χ0v) is 12.5. The van der Waals surface area contributed by atoms with Crippen LogP contribution in [0, 0.1) is 0 Å². The fraction of sp³-hybridized carbons (Fsp3) is 0.455. The lowest BCUT2D eigenvalue weighted by Gasteiger charge is -2.19. The van der Waals surface area contributed by atoms with Crippen LogP contribution in [0.3, 0.4) is 0 Å². The number of hydrogen-bond donors (Lipinski definition) is 2. The zero-order chi connectivity index (χ0) is 16.5. The predicted molar refractivity (Wildman–Crippen MR) is 74.1 cm³/mol. The molecular weight excluding hydrogens is 319 g/mol. The van der Waals surface area contributed by atoms with Crippen molar-refractivity contribution in [3.8, 4) is 0 Å². The molecule has 3 atom stereocenters. The number of ether oxygens (including phenoxy) is 1. The summed E-state index contributed by atoms with van der Waals surface area (Å²) in [4.78, 5) is 55.7. The second kappa shape index (κ2) is 9.34. The van der Waals surface area contributed by atoms with E-state index in [0.717, 1.165) is 16.8 Å². The molecule has 0 bridgehead atoms. The molecule has 0 saturated heterocycles. The molecule has 0 spiro atoms. The van der Waals surface area contributed by atoms with Gasteiger partial charge in [-0.3, -0.25) is 19.1 Å². The van der Waals surface area contributed by atoms with Crippen molar-refractivity contribution in [1.82, 2.24) is 9.55 Å². The van der Waals surface area contributed by atoms with Gasteiger partial charge in [-0.15, -0.1) is 0 Å². The van der Waals surface area contributed by atoms with Gasteiger partial charge in [-0.2, -0.15) is 0 Å². The highest BCUT2D eigenvalue weighted by Crippen LogP contribution is 2.32. The number of nitrogens with one attached hydrogen (secondary N) is 1. The topological polar surface area (TPSA) is 137 Å². The molecule has 0 saturated carbocycles. The van der Waals surface area contributed by atoms with Crippen LogP contribution in [0.25, 0.3) is 0 Å². The van der Waals surface area contributed by atoms with Crippen LogP contribution in [-0.4, -0.2) is 46.3 Å². The van der Waals surface area contributed by atoms with Crippen molar-refractivity contribution < 1.29 is 28.3 Å². The fourth-order valence-corrected chi connectivity index (χ4v) is 1.94. The Balaban J connectivity index is 2.74. The minimum atomic E-state index is -2.16. The molecule has 11 heteroatoms. The molecule has 0 fully saturated rings. The highest BCUT2D eigenvalue weighted by Gasteiger charge is 2.20. The van der Waals surface area contributed by atoms with E-state index in [0.29, 0.717) is 6.29 Å². The molecule has 0 aliphatic rings. The van der Waals surface area contributed by atoms with Gasteiger partial charge in [0.15, 0.2) is 18.8 Å². The number of carbonyl (C=O) groups is 2. The molecule has 22 heavy (non-hydrogen) atoms. The van der Waals surface area contributed by atoms with Gasteiger partial charge in [-0.05, 0) is 6.92 Å². The standard InChI is InChI=1S/C11H15N2O8P/c1-2-19-22(18)20-7-8(5-14)21-10(6-15)13-4-3-9(16)12-11(13)17/h3-6,8,10,18H,2,7H2,1H3,(H,12,16,17)/t8-,10+,22?/m0/s1. The first-order valence-electron chi connectivity index (χ1n) is 6.14. The lowest BCUT2D eigenvalue weighted by atomic mass is 10.4. The van der Waals surface area contributed by atoms with Crippen LogP contribution >= 0.6 is 8.60 Å². The van der Waals surface area contributed by atoms with Crippen LogP contribution in [0.5, 0.6) is 0 Å². The van der Waals surface area contributed by atoms with Crippen molar-refractivity contribution in [2.24, 2.45) is 0 Å². The van der Waals surface area contributed by atoms with E-state index in [1.807, 2.05) is 4.98 Å². The van der Waals surface area contributed by atoms with E-state index >= 15 is 0 Å². The Hall–Kier alpha value is -1.71. The Morgan fingerprint density at radius 1 is 1.36 bits per heavy atom. The molecule has 0 aliphatic heterocycles. The monoisotopic (exact) mass is 334 g/mol. The summed E-state index contributed by atoms with van der Waals surface area (Å²) in [6.45, 7) is 1.50. The van der Waals surface area contributed by atoms with Gasteiger partial charge in [0.25, 0.3) is 5.56 Å². The molecule has 0 aliphatic carbocycles. The summed E-state index contributed by atoms with van der Waals surface area (Å²) < 4.78 is 15.5. The third-order valence-electron chi connectivity index (χ3n) is 2.30. The minimum absolute atomic E-state index is 0.221. The Morgan fingerprint density at radius 3 is 2.64 bits per heavy atom. The molecule has 1 heterocycles. The van der Waals surface area contributed by atoms with E-state index in [1.54, 1.807) is 6.92 Å². The molecule has 2 N–H and O–H groups in total. The molecule has 1 aromatic heterocycles. The summed E-state index contributed by atoms with van der Waals surface area (Å²) in [6, 6.07) is 1.02. The largest absolute Gasteiger partial charge is 0.338 e. The van der Waals surface area contributed by atoms with Crippen LogP contribution < -0.4 is 11.2 Å². The first kappa shape index (κ1) is 18.3. The normalized spacial score (nSPS) is 15.0. The first-order chi connectivity index (χ1) is 10.5. The Labute approximate surface area is 125 Å². The van der Waals surface area contributed by atoms with Crippen molar-refractivity contribution >= 4 is 21.2 Å². The first-order valence-corrected chi connectivity index (χ1v) is 7.27. The zero-order valence-electron chi connectivity index (χ0n) is 11.6. The summed E-state index contributed by atoms with van der Waals surface area (Å²) in [5, 5.41) is 0. The van der Waals surface area contributed by atoms with Crippen LogP contribution in [0.1, 0.15) is 13.2 Å². The molecular formula is C11H15N2O8P. The van der Waals surface area contributed by atoms with Crippen LogP contribution in [0.15, 0.2) is 21.9 Å². The van der Waals surface area contributed by atoms with E-state index in [9.17, 15) is 24.1 Å². The average molecular weight is 334 g/mol. The molecule has 1 unspecified atom stereocenters. The van der Waals surface area contributed by atoms with Gasteiger partial charge in [-0.1, -0.05) is 0 Å². The van der Waals surface area contributed by atoms with E-state index in [1.165, 1.54) is 0 Å². The number of H-pyrrole nitrogens is 1. The fourth-order valence-electron chi connectivity index (χ4n) is 1.37. The van der Waals surface area contributed by atoms with Gasteiger partial charge >= 0.3 is 14.3 Å². The molecule has 0 aromatic carbocycles. The van der Waals surface area contributed by atoms with E-state index in [2.05, 4.69) is 0 Å². The van der Waals surface area contributed by atoms with E-state index < -0.39 is 32.2 Å². The summed E-state index contributed by atoms with van der Waals surface area (Å²) in [5.74, 6) is 0. The summed E-state index contributed by atoms with van der Waals surface area (Å²) in [5.41, 5.74) is -1.50. The van der Waals surface area contributed by atoms with Crippen molar-refractivity contribution in [3.05, 3.63) is 33.1 Å². The maximum Gasteiger partial charge on any atom is 0.330 e. The van der Waals surface area contributed by atoms with E-state index in [-0.39, 0.29) is 19.5 Å². The molecule has 0 amide bonds. The number of carbonyl (C=O) groups excluding carboxylic acids is 2. The maximum absolute atomic E-state index is 11.6. The summed E-state index contributed by atoms with van der Waals surface area (Å²) in [6.07, 6.45) is -0.961. The highest BCUT2D eigenvalue weighted by molar-refractivity contribution is 7.40. The third-order valence-corrected chi connectivity index (χ3v) is 3.15. The van der Waals surface area contributed by atoms with Crippen molar-refractivity contribution in [3.63, 3.8) is 0 Å². The second-order valence-corrected chi connectivity index (χ2v) is 4.80. The van der Waals surface area contributed by atoms with Gasteiger partial charge in [0.2, 0.25) is 0 Å². The number of aromatic amines is 1. The predicted octanol–water partition coefficient (Wildman–Crippen LogP) is -0.909. The lowest BCUT2D eigenvalue weighted by molar-refractivity contribution is -0.139. The Kier molecular flexibility index (Phi) is 7.78. The molecule has 122 valence electrons. The average Bonchev–Trinajstić information content (AvgIpc) is 2.49. The van der Waals surface area contributed by atoms with Crippen LogP contribution in [0.4, 0.5) is 0 Å². The summed E-state index contributed by atoms with van der Waals surface area (Å²) in [7, 11) is -2.16. The lowest BCUT2D eigenvalue weighted by Crippen LogP contribution is -2.36. The van der Waals surface area contributed by atoms with Crippen molar-refractivity contribution in [2.75, 3.05) is 13.2 Å². The van der Waals surface area contributed by atoms with Crippen LogP contribution in [-0.2, 0) is 23.4 Å². The second-order valence-electron chi connectivity index (χ2n) is 3.81. The van der Waals surface area contributed by atoms with Crippen molar-refractivity contribution in [2.45, 2.75) is 19.3 Å². The quantitative estimate of drug-likeness (QED) is 0.414. The number of nitrogens with zero attached hydrogens (tertiary/aromatic N) is 1. The van der Waals surface area contributed by atoms with Crippen LogP contribution in [0.2, 0.25) is 0 Å². The van der Waals surface area contributed by atoms with Gasteiger partial charge in [0.05, 0.1) is 13.2 Å². The number of aromatic nitrogens is 2. The number of hydrogen-bond acceptors (Lipinski definition) is 8.